The Balaban J connectivity index is 2.25. The minimum Gasteiger partial charge on any atom is -0.480 e. The Labute approximate surface area is 119 Å². The number of carboxylic acids is 1. The fourth-order valence-electron chi connectivity index (χ4n) is 3.01. The van der Waals surface area contributed by atoms with Gasteiger partial charge in [0, 0.05) is 0 Å². The number of aliphatic carboxylic acids is 1. The lowest BCUT2D eigenvalue weighted by Crippen LogP contribution is -2.34. The zero-order chi connectivity index (χ0) is 14.8. The first-order valence-corrected chi connectivity index (χ1v) is 8.69. The molecule has 0 heterocycles. The Morgan fingerprint density at radius 3 is 2.75 bits per heavy atom. The van der Waals surface area contributed by atoms with Crippen molar-refractivity contribution in [3.8, 4) is 0 Å². The molecule has 0 spiro atoms. The van der Waals surface area contributed by atoms with E-state index in [1.807, 2.05) is 24.3 Å². The molecule has 1 aliphatic carbocycles. The summed E-state index contributed by atoms with van der Waals surface area (Å²) in [5.74, 6) is -1.37. The molecule has 5 heteroatoms. The molecule has 2 rings (SSSR count). The van der Waals surface area contributed by atoms with Gasteiger partial charge in [-0.2, -0.15) is 0 Å². The average molecular weight is 296 g/mol. The highest BCUT2D eigenvalue weighted by Gasteiger charge is 2.34. The fourth-order valence-corrected chi connectivity index (χ4v) is 4.96. The molecule has 2 atom stereocenters. The Morgan fingerprint density at radius 2 is 2.10 bits per heavy atom. The van der Waals surface area contributed by atoms with Crippen LogP contribution in [0, 0.1) is 0 Å². The third kappa shape index (κ3) is 3.03. The van der Waals surface area contributed by atoms with Gasteiger partial charge in [0.1, 0.15) is 0 Å². The van der Waals surface area contributed by atoms with Gasteiger partial charge in [-0.25, -0.2) is 8.42 Å². The second kappa shape index (κ2) is 5.95. The number of hydrogen-bond acceptors (Lipinski definition) is 3. The molecule has 0 saturated carbocycles. The van der Waals surface area contributed by atoms with Gasteiger partial charge in [0.05, 0.1) is 5.75 Å². The third-order valence-corrected chi connectivity index (χ3v) is 6.28. The van der Waals surface area contributed by atoms with Gasteiger partial charge < -0.3 is 5.11 Å². The molecule has 0 saturated heterocycles. The molecule has 0 radical (unpaired) electrons. The van der Waals surface area contributed by atoms with Crippen molar-refractivity contribution in [1.29, 1.82) is 0 Å². The zero-order valence-corrected chi connectivity index (χ0v) is 12.4. The summed E-state index contributed by atoms with van der Waals surface area (Å²) in [5, 5.41) is 7.77. The van der Waals surface area contributed by atoms with E-state index in [2.05, 4.69) is 0 Å². The molecule has 0 amide bonds. The molecule has 1 N–H and O–H groups in total. The van der Waals surface area contributed by atoms with Crippen molar-refractivity contribution < 1.29 is 18.3 Å². The lowest BCUT2D eigenvalue weighted by molar-refractivity contribution is -0.136. The summed E-state index contributed by atoms with van der Waals surface area (Å²) in [4.78, 5) is 11.1. The molecular weight excluding hydrogens is 276 g/mol. The lowest BCUT2D eigenvalue weighted by atomic mass is 9.84. The van der Waals surface area contributed by atoms with Crippen molar-refractivity contribution in [2.45, 2.75) is 43.8 Å². The molecule has 110 valence electrons. The van der Waals surface area contributed by atoms with E-state index in [1.54, 1.807) is 6.92 Å². The molecule has 0 aliphatic heterocycles. The van der Waals surface area contributed by atoms with Crippen molar-refractivity contribution in [2.75, 3.05) is 5.75 Å². The van der Waals surface area contributed by atoms with E-state index >= 15 is 0 Å². The van der Waals surface area contributed by atoms with Crippen LogP contribution in [0.4, 0.5) is 0 Å². The first-order chi connectivity index (χ1) is 9.45. The first kappa shape index (κ1) is 15.0. The van der Waals surface area contributed by atoms with Crippen LogP contribution in [0.5, 0.6) is 0 Å². The predicted octanol–water partition coefficient (Wildman–Crippen LogP) is 2.38. The third-order valence-electron chi connectivity index (χ3n) is 4.01. The predicted molar refractivity (Wildman–Crippen MR) is 77.6 cm³/mol. The summed E-state index contributed by atoms with van der Waals surface area (Å²) in [6, 6.07) is 7.87. The summed E-state index contributed by atoms with van der Waals surface area (Å²) >= 11 is 0. The maximum absolute atomic E-state index is 12.3. The molecule has 0 aromatic heterocycles. The van der Waals surface area contributed by atoms with E-state index in [4.69, 9.17) is 5.11 Å². The van der Waals surface area contributed by atoms with Crippen LogP contribution in [0.25, 0.3) is 0 Å². The topological polar surface area (TPSA) is 71.4 Å². The van der Waals surface area contributed by atoms with Gasteiger partial charge in [0.15, 0.2) is 15.1 Å². The normalized spacial score (nSPS) is 20.1. The first-order valence-electron chi connectivity index (χ1n) is 6.98. The molecule has 1 aromatic rings. The highest BCUT2D eigenvalue weighted by Crippen LogP contribution is 2.33. The van der Waals surface area contributed by atoms with Gasteiger partial charge in [0.2, 0.25) is 0 Å². The monoisotopic (exact) mass is 296 g/mol. The van der Waals surface area contributed by atoms with Crippen molar-refractivity contribution in [3.05, 3.63) is 35.4 Å². The van der Waals surface area contributed by atoms with Crippen LogP contribution in [0.15, 0.2) is 24.3 Å². The molecule has 1 aliphatic rings. The van der Waals surface area contributed by atoms with Crippen molar-refractivity contribution in [1.82, 2.24) is 0 Å². The summed E-state index contributed by atoms with van der Waals surface area (Å²) in [7, 11) is -3.61. The number of carboxylic acid groups (broad SMARTS) is 1. The van der Waals surface area contributed by atoms with E-state index in [9.17, 15) is 13.2 Å². The van der Waals surface area contributed by atoms with Crippen LogP contribution in [-0.2, 0) is 21.1 Å². The molecule has 0 fully saturated rings. The Bertz CT molecular complexity index is 592. The van der Waals surface area contributed by atoms with Crippen LogP contribution in [0.2, 0.25) is 0 Å². The van der Waals surface area contributed by atoms with E-state index in [1.165, 1.54) is 5.56 Å². The quantitative estimate of drug-likeness (QED) is 0.905. The van der Waals surface area contributed by atoms with Gasteiger partial charge in [-0.05, 0) is 42.7 Å². The Hall–Kier alpha value is -1.36. The van der Waals surface area contributed by atoms with Gasteiger partial charge in [-0.15, -0.1) is 0 Å². The summed E-state index contributed by atoms with van der Waals surface area (Å²) in [5.41, 5.74) is 2.27. The minimum absolute atomic E-state index is 0.0607. The molecule has 2 unspecified atom stereocenters. The Kier molecular flexibility index (Phi) is 4.48. The minimum atomic E-state index is -3.61. The van der Waals surface area contributed by atoms with E-state index in [0.717, 1.165) is 24.8 Å². The lowest BCUT2D eigenvalue weighted by Gasteiger charge is -2.26. The second-order valence-electron chi connectivity index (χ2n) is 5.35. The maximum atomic E-state index is 12.3. The number of aryl methyl sites for hydroxylation is 1. The van der Waals surface area contributed by atoms with Gasteiger partial charge >= 0.3 is 5.97 Å². The van der Waals surface area contributed by atoms with Crippen molar-refractivity contribution >= 4 is 15.8 Å². The smallest absolute Gasteiger partial charge is 0.321 e. The molecule has 1 aromatic carbocycles. The largest absolute Gasteiger partial charge is 0.480 e. The summed E-state index contributed by atoms with van der Waals surface area (Å²) < 4.78 is 24.6. The molecule has 0 bridgehead atoms. The van der Waals surface area contributed by atoms with Crippen LogP contribution < -0.4 is 0 Å². The van der Waals surface area contributed by atoms with Crippen LogP contribution in [-0.4, -0.2) is 30.5 Å². The van der Waals surface area contributed by atoms with E-state index < -0.39 is 21.1 Å². The number of rotatable bonds is 5. The number of sulfone groups is 1. The van der Waals surface area contributed by atoms with Crippen LogP contribution >= 0.6 is 0 Å². The van der Waals surface area contributed by atoms with Crippen molar-refractivity contribution in [3.63, 3.8) is 0 Å². The van der Waals surface area contributed by atoms with Gasteiger partial charge in [-0.3, -0.25) is 4.79 Å². The zero-order valence-electron chi connectivity index (χ0n) is 11.6. The molecular formula is C15H20O4S. The summed E-state index contributed by atoms with van der Waals surface area (Å²) in [6.45, 7) is 1.60. The standard InChI is InChI=1S/C15H20O4S/c1-2-14(15(16)17)20(18,19)10-12-8-5-7-11-6-3-4-9-13(11)12/h3-4,6,9,12,14H,2,5,7-8,10H2,1H3,(H,16,17). The van der Waals surface area contributed by atoms with E-state index in [-0.39, 0.29) is 18.1 Å². The van der Waals surface area contributed by atoms with Crippen LogP contribution in [0.3, 0.4) is 0 Å². The highest BCUT2D eigenvalue weighted by molar-refractivity contribution is 7.92. The maximum Gasteiger partial charge on any atom is 0.321 e. The Morgan fingerprint density at radius 1 is 1.40 bits per heavy atom. The SMILES string of the molecule is CCC(C(=O)O)S(=O)(=O)CC1CCCc2ccccc21. The number of carbonyl (C=O) groups is 1. The van der Waals surface area contributed by atoms with Crippen LogP contribution in [0.1, 0.15) is 43.2 Å². The van der Waals surface area contributed by atoms with Gasteiger partial charge in [0.25, 0.3) is 0 Å². The summed E-state index contributed by atoms with van der Waals surface area (Å²) in [6.07, 6.45) is 2.86. The van der Waals surface area contributed by atoms with Crippen molar-refractivity contribution in [2.24, 2.45) is 0 Å². The molecule has 4 nitrogen and oxygen atoms in total. The fraction of sp³-hybridized carbons (Fsp3) is 0.533. The number of hydrogen-bond donors (Lipinski definition) is 1. The van der Waals surface area contributed by atoms with E-state index in [0.29, 0.717) is 0 Å². The number of benzene rings is 1. The van der Waals surface area contributed by atoms with Gasteiger partial charge in [-0.1, -0.05) is 31.2 Å². The number of fused-ring (bicyclic) bond motifs is 1. The second-order valence-corrected chi connectivity index (χ2v) is 7.58. The highest BCUT2D eigenvalue weighted by atomic mass is 32.2. The average Bonchev–Trinajstić information content (AvgIpc) is 2.38. The molecule has 20 heavy (non-hydrogen) atoms.